The Bertz CT molecular complexity index is 482. The zero-order valence-corrected chi connectivity index (χ0v) is 14.6. The Labute approximate surface area is 140 Å². The van der Waals surface area contributed by atoms with Crippen LogP contribution < -0.4 is 10.6 Å². The van der Waals surface area contributed by atoms with E-state index in [4.69, 9.17) is 4.74 Å². The van der Waals surface area contributed by atoms with Crippen molar-refractivity contribution in [1.82, 2.24) is 10.6 Å². The minimum Gasteiger partial charge on any atom is -0.444 e. The summed E-state index contributed by atoms with van der Waals surface area (Å²) in [5.41, 5.74) is 0.884. The van der Waals surface area contributed by atoms with E-state index in [-0.39, 0.29) is 12.1 Å². The lowest BCUT2D eigenvalue weighted by atomic mass is 10.1. The molecule has 128 valence electrons. The minimum absolute atomic E-state index is 0.230. The van der Waals surface area contributed by atoms with Gasteiger partial charge in [0.2, 0.25) is 0 Å². The van der Waals surface area contributed by atoms with Crippen molar-refractivity contribution in [3.8, 4) is 0 Å². The molecule has 0 saturated heterocycles. The van der Waals surface area contributed by atoms with Crippen LogP contribution in [0.4, 0.5) is 4.79 Å². The summed E-state index contributed by atoms with van der Waals surface area (Å²) in [6.45, 7) is 6.59. The molecule has 1 aliphatic rings. The third kappa shape index (κ3) is 7.04. The van der Waals surface area contributed by atoms with Gasteiger partial charge in [-0.1, -0.05) is 30.3 Å². The predicted molar refractivity (Wildman–Crippen MR) is 93.3 cm³/mol. The van der Waals surface area contributed by atoms with Crippen LogP contribution in [0.5, 0.6) is 0 Å². The lowest BCUT2D eigenvalue weighted by Gasteiger charge is -2.23. The van der Waals surface area contributed by atoms with E-state index < -0.39 is 5.60 Å². The second-order valence-electron chi connectivity index (χ2n) is 7.41. The van der Waals surface area contributed by atoms with Crippen LogP contribution in [-0.4, -0.2) is 23.8 Å². The van der Waals surface area contributed by atoms with Crippen LogP contribution in [0.25, 0.3) is 0 Å². The zero-order chi connectivity index (χ0) is 16.7. The average molecular weight is 318 g/mol. The number of rotatable bonds is 4. The number of amides is 1. The van der Waals surface area contributed by atoms with Crippen LogP contribution in [0.1, 0.15) is 58.4 Å². The highest BCUT2D eigenvalue weighted by molar-refractivity contribution is 5.68. The Morgan fingerprint density at radius 2 is 1.74 bits per heavy atom. The maximum Gasteiger partial charge on any atom is 0.407 e. The molecule has 0 heterocycles. The number of benzene rings is 1. The van der Waals surface area contributed by atoms with Crippen molar-refractivity contribution in [1.29, 1.82) is 0 Å². The number of hydrogen-bond donors (Lipinski definition) is 2. The molecule has 1 aliphatic carbocycles. The van der Waals surface area contributed by atoms with Gasteiger partial charge in [0, 0.05) is 18.6 Å². The molecule has 1 aromatic rings. The highest BCUT2D eigenvalue weighted by atomic mass is 16.6. The van der Waals surface area contributed by atoms with Crippen LogP contribution in [0.15, 0.2) is 30.3 Å². The van der Waals surface area contributed by atoms with Crippen molar-refractivity contribution in [2.45, 2.75) is 77.1 Å². The topological polar surface area (TPSA) is 50.4 Å². The molecule has 23 heavy (non-hydrogen) atoms. The molecule has 2 rings (SSSR count). The van der Waals surface area contributed by atoms with Crippen molar-refractivity contribution in [3.05, 3.63) is 35.9 Å². The largest absolute Gasteiger partial charge is 0.444 e. The van der Waals surface area contributed by atoms with E-state index in [1.165, 1.54) is 12.0 Å². The summed E-state index contributed by atoms with van der Waals surface area (Å²) in [6.07, 6.45) is 5.13. The van der Waals surface area contributed by atoms with E-state index in [1.807, 2.05) is 26.8 Å². The summed E-state index contributed by atoms with van der Waals surface area (Å²) in [6, 6.07) is 11.2. The molecule has 2 N–H and O–H groups in total. The fraction of sp³-hybridized carbons (Fsp3) is 0.632. The van der Waals surface area contributed by atoms with E-state index in [1.54, 1.807) is 0 Å². The molecule has 0 bridgehead atoms. The molecule has 0 radical (unpaired) electrons. The maximum absolute atomic E-state index is 11.9. The molecule has 2 unspecified atom stereocenters. The third-order valence-electron chi connectivity index (χ3n) is 4.13. The molecule has 2 atom stereocenters. The molecule has 1 aromatic carbocycles. The van der Waals surface area contributed by atoms with E-state index >= 15 is 0 Å². The van der Waals surface area contributed by atoms with Crippen molar-refractivity contribution >= 4 is 6.09 Å². The molecular weight excluding hydrogens is 288 g/mol. The monoisotopic (exact) mass is 318 g/mol. The van der Waals surface area contributed by atoms with Crippen molar-refractivity contribution in [3.63, 3.8) is 0 Å². The first kappa shape index (κ1) is 17.8. The van der Waals surface area contributed by atoms with Gasteiger partial charge in [0.05, 0.1) is 0 Å². The van der Waals surface area contributed by atoms with Crippen LogP contribution in [0, 0.1) is 0 Å². The number of hydrogen-bond acceptors (Lipinski definition) is 3. The molecule has 4 nitrogen and oxygen atoms in total. The van der Waals surface area contributed by atoms with Gasteiger partial charge in [-0.2, -0.15) is 0 Å². The van der Waals surface area contributed by atoms with Gasteiger partial charge in [-0.05, 0) is 58.4 Å². The SMILES string of the molecule is CC(C)(C)OC(=O)NC1CCCC(NCc2ccccc2)CC1. The quantitative estimate of drug-likeness (QED) is 0.825. The Balaban J connectivity index is 1.73. The zero-order valence-electron chi connectivity index (χ0n) is 14.6. The normalized spacial score (nSPS) is 22.2. The minimum atomic E-state index is -0.436. The number of alkyl carbamates (subject to hydrolysis) is 1. The van der Waals surface area contributed by atoms with Crippen LogP contribution >= 0.6 is 0 Å². The first-order valence-electron chi connectivity index (χ1n) is 8.69. The smallest absolute Gasteiger partial charge is 0.407 e. The fourth-order valence-corrected chi connectivity index (χ4v) is 2.98. The van der Waals surface area contributed by atoms with E-state index in [2.05, 4.69) is 34.9 Å². The van der Waals surface area contributed by atoms with Gasteiger partial charge in [-0.15, -0.1) is 0 Å². The van der Waals surface area contributed by atoms with E-state index in [9.17, 15) is 4.79 Å². The lowest BCUT2D eigenvalue weighted by molar-refractivity contribution is 0.0499. The first-order chi connectivity index (χ1) is 10.9. The summed E-state index contributed by atoms with van der Waals surface area (Å²) in [7, 11) is 0. The molecule has 1 amide bonds. The van der Waals surface area contributed by atoms with Gasteiger partial charge in [0.1, 0.15) is 5.60 Å². The first-order valence-corrected chi connectivity index (χ1v) is 8.69. The molecular formula is C19H30N2O2. The Morgan fingerprint density at radius 1 is 1.09 bits per heavy atom. The Hall–Kier alpha value is -1.55. The second kappa shape index (κ2) is 8.34. The molecule has 0 aliphatic heterocycles. The van der Waals surface area contributed by atoms with Gasteiger partial charge in [0.15, 0.2) is 0 Å². The third-order valence-corrected chi connectivity index (χ3v) is 4.13. The number of ether oxygens (including phenoxy) is 1. The van der Waals surface area contributed by atoms with Crippen molar-refractivity contribution < 1.29 is 9.53 Å². The van der Waals surface area contributed by atoms with Gasteiger partial charge in [0.25, 0.3) is 0 Å². The van der Waals surface area contributed by atoms with Crippen molar-refractivity contribution in [2.75, 3.05) is 0 Å². The van der Waals surface area contributed by atoms with Crippen LogP contribution in [0.3, 0.4) is 0 Å². The van der Waals surface area contributed by atoms with Gasteiger partial charge >= 0.3 is 6.09 Å². The van der Waals surface area contributed by atoms with Gasteiger partial charge in [-0.3, -0.25) is 0 Å². The molecule has 4 heteroatoms. The number of carbonyl (C=O) groups is 1. The molecule has 0 aromatic heterocycles. The van der Waals surface area contributed by atoms with Crippen LogP contribution in [0.2, 0.25) is 0 Å². The van der Waals surface area contributed by atoms with Crippen molar-refractivity contribution in [2.24, 2.45) is 0 Å². The second-order valence-corrected chi connectivity index (χ2v) is 7.41. The summed E-state index contributed by atoms with van der Waals surface area (Å²) < 4.78 is 5.35. The number of carbonyl (C=O) groups excluding carboxylic acids is 1. The van der Waals surface area contributed by atoms with Crippen LogP contribution in [-0.2, 0) is 11.3 Å². The maximum atomic E-state index is 11.9. The molecule has 1 saturated carbocycles. The standard InChI is InChI=1S/C19H30N2O2/c1-19(2,3)23-18(22)21-17-11-7-10-16(12-13-17)20-14-15-8-5-4-6-9-15/h4-6,8-9,16-17,20H,7,10-14H2,1-3H3,(H,21,22). The lowest BCUT2D eigenvalue weighted by Crippen LogP contribution is -2.39. The van der Waals surface area contributed by atoms with Gasteiger partial charge in [-0.25, -0.2) is 4.79 Å². The Kier molecular flexibility index (Phi) is 6.46. The molecule has 0 spiro atoms. The summed E-state index contributed by atoms with van der Waals surface area (Å²) >= 11 is 0. The predicted octanol–water partition coefficient (Wildman–Crippen LogP) is 4.00. The van der Waals surface area contributed by atoms with E-state index in [0.29, 0.717) is 6.04 Å². The summed E-state index contributed by atoms with van der Waals surface area (Å²) in [5, 5.41) is 6.67. The Morgan fingerprint density at radius 3 is 2.43 bits per heavy atom. The molecule has 1 fully saturated rings. The van der Waals surface area contributed by atoms with E-state index in [0.717, 1.165) is 32.2 Å². The summed E-state index contributed by atoms with van der Waals surface area (Å²) in [4.78, 5) is 11.9. The van der Waals surface area contributed by atoms with Gasteiger partial charge < -0.3 is 15.4 Å². The highest BCUT2D eigenvalue weighted by Gasteiger charge is 2.22. The average Bonchev–Trinajstić information content (AvgIpc) is 2.69. The fourth-order valence-electron chi connectivity index (χ4n) is 2.98. The number of nitrogens with one attached hydrogen (secondary N) is 2. The highest BCUT2D eigenvalue weighted by Crippen LogP contribution is 2.19. The summed E-state index contributed by atoms with van der Waals surface area (Å²) in [5.74, 6) is 0.